The maximum absolute atomic E-state index is 13.9. The van der Waals surface area contributed by atoms with Crippen LogP contribution in [0.1, 0.15) is 121 Å². The number of aromatic amines is 2. The Morgan fingerprint density at radius 1 is 0.645 bits per heavy atom. The van der Waals surface area contributed by atoms with Crippen molar-refractivity contribution in [2.45, 2.75) is 110 Å². The fourth-order valence-corrected chi connectivity index (χ4v) is 10.8. The van der Waals surface area contributed by atoms with Gasteiger partial charge in [-0.1, -0.05) is 84.9 Å². The Labute approximate surface area is 364 Å². The number of amides is 4. The summed E-state index contributed by atoms with van der Waals surface area (Å²) in [6.07, 6.45) is 6.38. The standard InChI is InChI=1S/C48H62N8O6/c1-24(2)41(53-47(59)61-8)45(57)55-22-26(5)16-37(55)43-49-20-35(51-43)30-12-10-29(11-13-30)32-14-15-33(39-31-18-28(7)34(19-31)40(32)39)36-21-50-44(52-36)38-17-27(6)23-56(38)46(58)42(25(3)4)54-48(60)62-9/h10-15,20-21,24-28,31,34,37-38,41-42H,16-19,22-23H2,1-9H3,(H,49,51)(H,50,52)(H,53,59)(H,54,60)/t26-,27-,28?,31?,34?,37-,38-,41+,42-/m0/s1. The topological polar surface area (TPSA) is 175 Å². The number of benzene rings is 2. The van der Waals surface area contributed by atoms with Crippen LogP contribution in [-0.2, 0) is 19.1 Å². The summed E-state index contributed by atoms with van der Waals surface area (Å²) < 4.78 is 9.65. The molecule has 4 aliphatic rings. The van der Waals surface area contributed by atoms with E-state index in [4.69, 9.17) is 19.4 Å². The quantitative estimate of drug-likeness (QED) is 0.117. The zero-order chi connectivity index (χ0) is 44.1. The number of nitrogens with one attached hydrogen (secondary N) is 4. The molecular formula is C48H62N8O6. The van der Waals surface area contributed by atoms with Crippen LogP contribution in [0.3, 0.4) is 0 Å². The number of carbonyl (C=O) groups excluding carboxylic acids is 4. The maximum Gasteiger partial charge on any atom is 0.407 e. The van der Waals surface area contributed by atoms with Crippen LogP contribution in [0.15, 0.2) is 48.8 Å². The van der Waals surface area contributed by atoms with Crippen LogP contribution in [0, 0.1) is 29.6 Å². The van der Waals surface area contributed by atoms with E-state index in [1.54, 1.807) is 0 Å². The van der Waals surface area contributed by atoms with Crippen LogP contribution < -0.4 is 10.6 Å². The van der Waals surface area contributed by atoms with Crippen LogP contribution in [0.25, 0.3) is 33.6 Å². The number of hydrogen-bond donors (Lipinski definition) is 4. The highest BCUT2D eigenvalue weighted by atomic mass is 16.5. The van der Waals surface area contributed by atoms with E-state index in [-0.39, 0.29) is 47.6 Å². The molecule has 4 amide bonds. The summed E-state index contributed by atoms with van der Waals surface area (Å²) in [6, 6.07) is 11.3. The normalized spacial score (nSPS) is 25.0. The number of fused-ring (bicyclic) bond motifs is 5. The van der Waals surface area contributed by atoms with E-state index < -0.39 is 24.3 Å². The molecular weight excluding hydrogens is 785 g/mol. The Kier molecular flexibility index (Phi) is 12.0. The Morgan fingerprint density at radius 2 is 1.13 bits per heavy atom. The second kappa shape index (κ2) is 17.2. The van der Waals surface area contributed by atoms with E-state index in [0.29, 0.717) is 30.8 Å². The summed E-state index contributed by atoms with van der Waals surface area (Å²) in [4.78, 5) is 72.7. The lowest BCUT2D eigenvalue weighted by molar-refractivity contribution is -0.136. The first-order valence-electron chi connectivity index (χ1n) is 22.3. The molecule has 2 aromatic heterocycles. The SMILES string of the molecule is COC(=O)N[C@H](C(=O)N1C[C@@H](C)C[C@H]1c1ncc(-c2ccc(-c3ccc(-c4cnc([C@@H]5C[C@H](C)CN5C(=O)[C@H](NC(=O)OC)C(C)C)[nH]4)cc3)c3c2C2CC(C)C3C2)[nH]1)C(C)C. The van der Waals surface area contributed by atoms with Crippen molar-refractivity contribution >= 4 is 24.0 Å². The predicted molar refractivity (Wildman–Crippen MR) is 236 cm³/mol. The molecule has 330 valence electrons. The molecule has 9 atom stereocenters. The molecule has 4 heterocycles. The number of rotatable bonds is 11. The van der Waals surface area contributed by atoms with Gasteiger partial charge in [-0.15, -0.1) is 0 Å². The van der Waals surface area contributed by atoms with Gasteiger partial charge in [-0.3, -0.25) is 9.59 Å². The van der Waals surface area contributed by atoms with Gasteiger partial charge in [0, 0.05) is 18.7 Å². The van der Waals surface area contributed by atoms with Crippen molar-refractivity contribution in [1.29, 1.82) is 0 Å². The molecule has 4 aromatic rings. The summed E-state index contributed by atoms with van der Waals surface area (Å²) in [5, 5.41) is 5.49. The first kappa shape index (κ1) is 43.0. The summed E-state index contributed by atoms with van der Waals surface area (Å²) in [6.45, 7) is 15.5. The van der Waals surface area contributed by atoms with E-state index in [9.17, 15) is 19.2 Å². The average Bonchev–Trinajstić information content (AvgIpc) is 4.12. The van der Waals surface area contributed by atoms with Crippen molar-refractivity contribution in [3.63, 3.8) is 0 Å². The molecule has 14 nitrogen and oxygen atoms in total. The maximum atomic E-state index is 13.9. The first-order valence-corrected chi connectivity index (χ1v) is 22.3. The smallest absolute Gasteiger partial charge is 0.407 e. The van der Waals surface area contributed by atoms with Gasteiger partial charge in [-0.25, -0.2) is 19.6 Å². The third-order valence-corrected chi connectivity index (χ3v) is 13.9. The molecule has 0 spiro atoms. The molecule has 62 heavy (non-hydrogen) atoms. The molecule has 14 heteroatoms. The van der Waals surface area contributed by atoms with Crippen molar-refractivity contribution in [1.82, 2.24) is 40.4 Å². The molecule has 3 fully saturated rings. The van der Waals surface area contributed by atoms with E-state index >= 15 is 0 Å². The second-order valence-electron chi connectivity index (χ2n) is 19.1. The number of methoxy groups -OCH3 is 2. The van der Waals surface area contributed by atoms with Gasteiger partial charge in [0.2, 0.25) is 11.8 Å². The molecule has 2 saturated heterocycles. The largest absolute Gasteiger partial charge is 0.453 e. The zero-order valence-electron chi connectivity index (χ0n) is 37.5. The van der Waals surface area contributed by atoms with Gasteiger partial charge in [-0.2, -0.15) is 0 Å². The Bertz CT molecular complexity index is 2320. The molecule has 2 aliphatic heterocycles. The lowest BCUT2D eigenvalue weighted by atomic mass is 9.78. The number of hydrogen-bond acceptors (Lipinski definition) is 8. The number of alkyl carbamates (subject to hydrolysis) is 2. The van der Waals surface area contributed by atoms with Crippen LogP contribution in [0.2, 0.25) is 0 Å². The third-order valence-electron chi connectivity index (χ3n) is 13.9. The van der Waals surface area contributed by atoms with E-state index in [2.05, 4.69) is 77.8 Å². The number of likely N-dealkylation sites (tertiary alicyclic amines) is 2. The van der Waals surface area contributed by atoms with Crippen molar-refractivity contribution in [3.8, 4) is 33.6 Å². The van der Waals surface area contributed by atoms with Crippen molar-refractivity contribution in [3.05, 3.63) is 71.6 Å². The summed E-state index contributed by atoms with van der Waals surface area (Å²) >= 11 is 0. The van der Waals surface area contributed by atoms with E-state index in [1.165, 1.54) is 36.5 Å². The lowest BCUT2D eigenvalue weighted by Gasteiger charge is -2.30. The molecule has 3 unspecified atom stereocenters. The van der Waals surface area contributed by atoms with E-state index in [0.717, 1.165) is 59.8 Å². The number of ether oxygens (including phenoxy) is 2. The minimum Gasteiger partial charge on any atom is -0.453 e. The van der Waals surface area contributed by atoms with Gasteiger partial charge in [0.15, 0.2) is 0 Å². The molecule has 2 aliphatic carbocycles. The summed E-state index contributed by atoms with van der Waals surface area (Å²) in [5.41, 5.74) is 9.28. The highest BCUT2D eigenvalue weighted by Gasteiger charge is 2.46. The molecule has 2 bridgehead atoms. The summed E-state index contributed by atoms with van der Waals surface area (Å²) in [5.74, 6) is 3.10. The van der Waals surface area contributed by atoms with Gasteiger partial charge >= 0.3 is 12.2 Å². The van der Waals surface area contributed by atoms with Crippen molar-refractivity contribution in [2.75, 3.05) is 27.3 Å². The number of aromatic nitrogens is 4. The monoisotopic (exact) mass is 846 g/mol. The molecule has 1 saturated carbocycles. The van der Waals surface area contributed by atoms with Gasteiger partial charge in [-0.05, 0) is 94.9 Å². The number of imidazole rings is 2. The molecule has 8 rings (SSSR count). The van der Waals surface area contributed by atoms with Gasteiger partial charge in [0.25, 0.3) is 0 Å². The molecule has 4 N–H and O–H groups in total. The van der Waals surface area contributed by atoms with Crippen LogP contribution in [-0.4, -0.2) is 93.1 Å². The van der Waals surface area contributed by atoms with Crippen molar-refractivity contribution < 1.29 is 28.7 Å². The number of carbonyl (C=O) groups is 4. The number of nitrogens with zero attached hydrogens (tertiary/aromatic N) is 4. The fourth-order valence-electron chi connectivity index (χ4n) is 10.8. The minimum atomic E-state index is -0.700. The van der Waals surface area contributed by atoms with E-state index in [1.807, 2.05) is 49.9 Å². The number of H-pyrrole nitrogens is 2. The van der Waals surface area contributed by atoms with Crippen molar-refractivity contribution in [2.24, 2.45) is 29.6 Å². The van der Waals surface area contributed by atoms with Crippen LogP contribution in [0.5, 0.6) is 0 Å². The predicted octanol–water partition coefficient (Wildman–Crippen LogP) is 8.32. The Balaban J connectivity index is 1.04. The lowest BCUT2D eigenvalue weighted by Crippen LogP contribution is -2.51. The van der Waals surface area contributed by atoms with Crippen LogP contribution >= 0.6 is 0 Å². The van der Waals surface area contributed by atoms with Gasteiger partial charge in [0.1, 0.15) is 23.7 Å². The second-order valence-corrected chi connectivity index (χ2v) is 19.1. The average molecular weight is 847 g/mol. The van der Waals surface area contributed by atoms with Crippen LogP contribution in [0.4, 0.5) is 9.59 Å². The zero-order valence-corrected chi connectivity index (χ0v) is 37.5. The molecule has 0 radical (unpaired) electrons. The highest BCUT2D eigenvalue weighted by Crippen LogP contribution is 2.60. The summed E-state index contributed by atoms with van der Waals surface area (Å²) in [7, 11) is 2.61. The minimum absolute atomic E-state index is 0.114. The molecule has 2 aromatic carbocycles. The van der Waals surface area contributed by atoms with Gasteiger partial charge in [0.05, 0.1) is 50.1 Å². The fraction of sp³-hybridized carbons (Fsp3) is 0.542. The third kappa shape index (κ3) is 7.96. The van der Waals surface area contributed by atoms with Gasteiger partial charge < -0.3 is 39.9 Å². The Hall–Kier alpha value is -5.66. The first-order chi connectivity index (χ1) is 29.7. The Morgan fingerprint density at radius 3 is 1.65 bits per heavy atom. The highest BCUT2D eigenvalue weighted by molar-refractivity contribution is 5.87.